The predicted molar refractivity (Wildman–Crippen MR) is 62.6 cm³/mol. The molecule has 0 spiro atoms. The third-order valence-electron chi connectivity index (χ3n) is 3.21. The first-order valence-electron chi connectivity index (χ1n) is 5.90. The van der Waals surface area contributed by atoms with Crippen LogP contribution in [-0.4, -0.2) is 36.1 Å². The SMILES string of the molecule is CC(C)CCN1CC(C)NCC1(C)C. The first-order valence-corrected chi connectivity index (χ1v) is 5.90. The van der Waals surface area contributed by atoms with Crippen LogP contribution in [0.5, 0.6) is 0 Å². The normalized spacial score (nSPS) is 28.3. The molecule has 0 aromatic rings. The van der Waals surface area contributed by atoms with Gasteiger partial charge in [-0.25, -0.2) is 0 Å². The van der Waals surface area contributed by atoms with Gasteiger partial charge in [0.25, 0.3) is 0 Å². The van der Waals surface area contributed by atoms with Gasteiger partial charge in [0, 0.05) is 24.7 Å². The second kappa shape index (κ2) is 4.63. The molecule has 84 valence electrons. The standard InChI is InChI=1S/C12H26N2/c1-10(2)6-7-14-8-11(3)13-9-12(14,4)5/h10-11,13H,6-9H2,1-5H3. The van der Waals surface area contributed by atoms with E-state index < -0.39 is 0 Å². The lowest BCUT2D eigenvalue weighted by Crippen LogP contribution is -2.61. The summed E-state index contributed by atoms with van der Waals surface area (Å²) in [4.78, 5) is 2.63. The van der Waals surface area contributed by atoms with Crippen molar-refractivity contribution in [3.63, 3.8) is 0 Å². The summed E-state index contributed by atoms with van der Waals surface area (Å²) in [5.74, 6) is 0.816. The van der Waals surface area contributed by atoms with E-state index in [9.17, 15) is 0 Å². The maximum absolute atomic E-state index is 3.55. The third kappa shape index (κ3) is 3.25. The molecular formula is C12H26N2. The highest BCUT2D eigenvalue weighted by molar-refractivity contribution is 4.91. The van der Waals surface area contributed by atoms with Crippen LogP contribution in [0.15, 0.2) is 0 Å². The Morgan fingerprint density at radius 1 is 1.43 bits per heavy atom. The van der Waals surface area contributed by atoms with Crippen LogP contribution in [-0.2, 0) is 0 Å². The summed E-state index contributed by atoms with van der Waals surface area (Å²) in [5.41, 5.74) is 0.335. The van der Waals surface area contributed by atoms with Gasteiger partial charge in [-0.3, -0.25) is 4.90 Å². The average Bonchev–Trinajstić information content (AvgIpc) is 2.07. The van der Waals surface area contributed by atoms with Gasteiger partial charge in [-0.05, 0) is 39.7 Å². The van der Waals surface area contributed by atoms with Gasteiger partial charge in [0.2, 0.25) is 0 Å². The molecule has 2 heteroatoms. The number of hydrogen-bond acceptors (Lipinski definition) is 2. The van der Waals surface area contributed by atoms with Gasteiger partial charge in [-0.2, -0.15) is 0 Å². The predicted octanol–water partition coefficient (Wildman–Crippen LogP) is 2.10. The Bertz CT molecular complexity index is 175. The molecule has 1 unspecified atom stereocenters. The third-order valence-corrected chi connectivity index (χ3v) is 3.21. The van der Waals surface area contributed by atoms with Crippen molar-refractivity contribution in [1.82, 2.24) is 10.2 Å². The zero-order valence-corrected chi connectivity index (χ0v) is 10.4. The molecule has 1 atom stereocenters. The van der Waals surface area contributed by atoms with Gasteiger partial charge >= 0.3 is 0 Å². The topological polar surface area (TPSA) is 15.3 Å². The summed E-state index contributed by atoms with van der Waals surface area (Å²) in [6.45, 7) is 15.1. The van der Waals surface area contributed by atoms with Crippen LogP contribution >= 0.6 is 0 Å². The quantitative estimate of drug-likeness (QED) is 0.747. The smallest absolute Gasteiger partial charge is 0.0278 e. The van der Waals surface area contributed by atoms with Gasteiger partial charge in [-0.1, -0.05) is 13.8 Å². The summed E-state index contributed by atoms with van der Waals surface area (Å²) < 4.78 is 0. The van der Waals surface area contributed by atoms with E-state index in [0.717, 1.165) is 12.5 Å². The first-order chi connectivity index (χ1) is 6.42. The molecule has 0 aliphatic carbocycles. The van der Waals surface area contributed by atoms with E-state index in [4.69, 9.17) is 0 Å². The minimum Gasteiger partial charge on any atom is -0.311 e. The van der Waals surface area contributed by atoms with Gasteiger partial charge in [0.15, 0.2) is 0 Å². The zero-order valence-electron chi connectivity index (χ0n) is 10.4. The molecule has 1 aliphatic heterocycles. The van der Waals surface area contributed by atoms with Crippen molar-refractivity contribution in [3.05, 3.63) is 0 Å². The van der Waals surface area contributed by atoms with Gasteiger partial charge in [-0.15, -0.1) is 0 Å². The zero-order chi connectivity index (χ0) is 10.8. The average molecular weight is 198 g/mol. The van der Waals surface area contributed by atoms with Crippen LogP contribution in [0.1, 0.15) is 41.0 Å². The number of nitrogens with zero attached hydrogens (tertiary/aromatic N) is 1. The molecule has 0 bridgehead atoms. The van der Waals surface area contributed by atoms with Crippen molar-refractivity contribution in [3.8, 4) is 0 Å². The molecule has 1 rings (SSSR count). The highest BCUT2D eigenvalue weighted by Gasteiger charge is 2.31. The van der Waals surface area contributed by atoms with Crippen molar-refractivity contribution in [2.24, 2.45) is 5.92 Å². The number of hydrogen-bond donors (Lipinski definition) is 1. The first kappa shape index (κ1) is 12.0. The molecule has 0 amide bonds. The van der Waals surface area contributed by atoms with Crippen molar-refractivity contribution < 1.29 is 0 Å². The van der Waals surface area contributed by atoms with E-state index in [1.165, 1.54) is 19.5 Å². The van der Waals surface area contributed by atoms with Gasteiger partial charge in [0.05, 0.1) is 0 Å². The Balaban J connectivity index is 2.46. The summed E-state index contributed by atoms with van der Waals surface area (Å²) in [6.07, 6.45) is 1.32. The summed E-state index contributed by atoms with van der Waals surface area (Å²) in [7, 11) is 0. The molecule has 0 radical (unpaired) electrons. The van der Waals surface area contributed by atoms with Crippen molar-refractivity contribution in [1.29, 1.82) is 0 Å². The van der Waals surface area contributed by atoms with E-state index in [1.807, 2.05) is 0 Å². The molecule has 14 heavy (non-hydrogen) atoms. The molecule has 0 saturated carbocycles. The van der Waals surface area contributed by atoms with Gasteiger partial charge in [0.1, 0.15) is 0 Å². The van der Waals surface area contributed by atoms with Gasteiger partial charge < -0.3 is 5.32 Å². The van der Waals surface area contributed by atoms with Crippen LogP contribution in [0, 0.1) is 5.92 Å². The second-order valence-corrected chi connectivity index (χ2v) is 5.72. The lowest BCUT2D eigenvalue weighted by atomic mass is 9.96. The number of nitrogens with one attached hydrogen (secondary N) is 1. The van der Waals surface area contributed by atoms with Crippen molar-refractivity contribution in [2.45, 2.75) is 52.6 Å². The summed E-state index contributed by atoms with van der Waals surface area (Å²) in [5, 5.41) is 3.55. The molecule has 1 saturated heterocycles. The molecule has 2 nitrogen and oxygen atoms in total. The highest BCUT2D eigenvalue weighted by Crippen LogP contribution is 2.19. The molecule has 0 aromatic heterocycles. The Kier molecular flexibility index (Phi) is 3.96. The fourth-order valence-corrected chi connectivity index (χ4v) is 1.99. The van der Waals surface area contributed by atoms with Crippen LogP contribution < -0.4 is 5.32 Å². The summed E-state index contributed by atoms with van der Waals surface area (Å²) >= 11 is 0. The largest absolute Gasteiger partial charge is 0.311 e. The van der Waals surface area contributed by atoms with Crippen molar-refractivity contribution in [2.75, 3.05) is 19.6 Å². The lowest BCUT2D eigenvalue weighted by molar-refractivity contribution is 0.0658. The van der Waals surface area contributed by atoms with Crippen LogP contribution in [0.4, 0.5) is 0 Å². The van der Waals surface area contributed by atoms with Crippen LogP contribution in [0.25, 0.3) is 0 Å². The highest BCUT2D eigenvalue weighted by atomic mass is 15.3. The summed E-state index contributed by atoms with van der Waals surface area (Å²) in [6, 6.07) is 0.648. The molecular weight excluding hydrogens is 172 g/mol. The number of piperazine rings is 1. The Hall–Kier alpha value is -0.0800. The lowest BCUT2D eigenvalue weighted by Gasteiger charge is -2.45. The molecule has 1 N–H and O–H groups in total. The maximum Gasteiger partial charge on any atom is 0.0278 e. The van der Waals surface area contributed by atoms with E-state index in [1.54, 1.807) is 0 Å². The molecule has 0 aromatic carbocycles. The fraction of sp³-hybridized carbons (Fsp3) is 1.00. The van der Waals surface area contributed by atoms with E-state index in [-0.39, 0.29) is 0 Å². The second-order valence-electron chi connectivity index (χ2n) is 5.72. The van der Waals surface area contributed by atoms with E-state index in [2.05, 4.69) is 44.8 Å². The van der Waals surface area contributed by atoms with E-state index in [0.29, 0.717) is 11.6 Å². The molecule has 1 aliphatic rings. The minimum absolute atomic E-state index is 0.335. The fourth-order valence-electron chi connectivity index (χ4n) is 1.99. The number of rotatable bonds is 3. The minimum atomic E-state index is 0.335. The molecule has 1 heterocycles. The molecule has 1 fully saturated rings. The van der Waals surface area contributed by atoms with Crippen LogP contribution in [0.3, 0.4) is 0 Å². The van der Waals surface area contributed by atoms with Crippen molar-refractivity contribution >= 4 is 0 Å². The maximum atomic E-state index is 3.55. The Morgan fingerprint density at radius 3 is 2.64 bits per heavy atom. The Morgan fingerprint density at radius 2 is 2.07 bits per heavy atom. The Labute approximate surface area is 89.1 Å². The monoisotopic (exact) mass is 198 g/mol. The van der Waals surface area contributed by atoms with Crippen LogP contribution in [0.2, 0.25) is 0 Å². The van der Waals surface area contributed by atoms with E-state index >= 15 is 0 Å².